The van der Waals surface area contributed by atoms with Crippen LogP contribution in [0.15, 0.2) is 53.4 Å². The number of hydrogen-bond acceptors (Lipinski definition) is 4. The van der Waals surface area contributed by atoms with Crippen LogP contribution in [0.5, 0.6) is 0 Å². The Kier molecular flexibility index (Phi) is 3.70. The number of aryl methyl sites for hydroxylation is 2. The lowest BCUT2D eigenvalue weighted by Crippen LogP contribution is -2.14. The molecule has 1 aliphatic rings. The second-order valence-corrected chi connectivity index (χ2v) is 8.33. The van der Waals surface area contributed by atoms with Gasteiger partial charge in [-0.1, -0.05) is 47.5 Å². The first kappa shape index (κ1) is 16.2. The van der Waals surface area contributed by atoms with E-state index in [9.17, 15) is 18.9 Å². The SMILES string of the molecule is Cc1ccc([C@@H]2[C@@H](S(=O)(=O)c3ccc(C)cc3)C2(C#N)C#N)cc1. The number of rotatable bonds is 3. The molecule has 3 rings (SSSR count). The molecule has 2 aromatic rings. The summed E-state index contributed by atoms with van der Waals surface area (Å²) in [4.78, 5) is 0.155. The second-order valence-electron chi connectivity index (χ2n) is 6.26. The fourth-order valence-electron chi connectivity index (χ4n) is 3.16. The van der Waals surface area contributed by atoms with Crippen LogP contribution in [0, 0.1) is 41.9 Å². The molecule has 0 heterocycles. The molecule has 24 heavy (non-hydrogen) atoms. The quantitative estimate of drug-likeness (QED) is 0.861. The van der Waals surface area contributed by atoms with E-state index in [2.05, 4.69) is 0 Å². The van der Waals surface area contributed by atoms with E-state index in [0.717, 1.165) is 11.1 Å². The van der Waals surface area contributed by atoms with Crippen molar-refractivity contribution in [3.63, 3.8) is 0 Å². The van der Waals surface area contributed by atoms with E-state index < -0.39 is 26.4 Å². The Morgan fingerprint density at radius 2 is 1.33 bits per heavy atom. The monoisotopic (exact) mass is 336 g/mol. The van der Waals surface area contributed by atoms with E-state index in [-0.39, 0.29) is 4.90 Å². The average molecular weight is 336 g/mol. The lowest BCUT2D eigenvalue weighted by Gasteiger charge is -2.04. The molecule has 5 heteroatoms. The van der Waals surface area contributed by atoms with Gasteiger partial charge in [0.15, 0.2) is 15.3 Å². The van der Waals surface area contributed by atoms with Gasteiger partial charge < -0.3 is 0 Å². The maximum Gasteiger partial charge on any atom is 0.184 e. The standard InChI is InChI=1S/C19H16N2O2S/c1-13-3-7-15(8-4-13)17-18(19(17,11-20)12-21)24(22,23)16-9-5-14(2)6-10-16/h3-10,17-18H,1-2H3/t17-,18-/m1/s1. The summed E-state index contributed by atoms with van der Waals surface area (Å²) in [6, 6.07) is 17.8. The fourth-order valence-corrected chi connectivity index (χ4v) is 5.36. The van der Waals surface area contributed by atoms with Gasteiger partial charge >= 0.3 is 0 Å². The number of hydrogen-bond donors (Lipinski definition) is 0. The Labute approximate surface area is 141 Å². The Bertz CT molecular complexity index is 948. The highest BCUT2D eigenvalue weighted by Gasteiger charge is 2.73. The van der Waals surface area contributed by atoms with Crippen molar-refractivity contribution in [2.24, 2.45) is 5.41 Å². The normalized spacial score (nSPS) is 21.5. The molecule has 0 amide bonds. The van der Waals surface area contributed by atoms with E-state index >= 15 is 0 Å². The first-order valence-corrected chi connectivity index (χ1v) is 9.11. The zero-order chi connectivity index (χ0) is 17.5. The van der Waals surface area contributed by atoms with Crippen LogP contribution in [0.25, 0.3) is 0 Å². The second kappa shape index (κ2) is 5.47. The van der Waals surface area contributed by atoms with Crippen molar-refractivity contribution < 1.29 is 8.42 Å². The van der Waals surface area contributed by atoms with Gasteiger partial charge in [-0.3, -0.25) is 0 Å². The third-order valence-corrected chi connectivity index (χ3v) is 6.87. The molecule has 4 nitrogen and oxygen atoms in total. The van der Waals surface area contributed by atoms with Crippen molar-refractivity contribution in [2.45, 2.75) is 29.9 Å². The molecule has 0 unspecified atom stereocenters. The van der Waals surface area contributed by atoms with Crippen LogP contribution < -0.4 is 0 Å². The van der Waals surface area contributed by atoms with Gasteiger partial charge in [-0.25, -0.2) is 8.42 Å². The summed E-state index contributed by atoms with van der Waals surface area (Å²) in [7, 11) is -3.77. The Morgan fingerprint density at radius 3 is 1.79 bits per heavy atom. The minimum absolute atomic E-state index is 0.155. The molecular formula is C19H16N2O2S. The highest BCUT2D eigenvalue weighted by Crippen LogP contribution is 2.63. The average Bonchev–Trinajstić information content (AvgIpc) is 3.26. The summed E-state index contributed by atoms with van der Waals surface area (Å²) in [6.07, 6.45) is 0. The zero-order valence-electron chi connectivity index (χ0n) is 13.4. The molecule has 1 fully saturated rings. The molecular weight excluding hydrogens is 320 g/mol. The molecule has 0 bridgehead atoms. The van der Waals surface area contributed by atoms with E-state index in [1.807, 2.05) is 38.1 Å². The summed E-state index contributed by atoms with van der Waals surface area (Å²) < 4.78 is 26.0. The van der Waals surface area contributed by atoms with Crippen LogP contribution in [0.2, 0.25) is 0 Å². The third kappa shape index (κ3) is 2.29. The molecule has 1 saturated carbocycles. The third-order valence-electron chi connectivity index (χ3n) is 4.62. The summed E-state index contributed by atoms with van der Waals surface area (Å²) >= 11 is 0. The Hall–Kier alpha value is -2.63. The minimum Gasteiger partial charge on any atom is -0.223 e. The van der Waals surface area contributed by atoms with Crippen LogP contribution >= 0.6 is 0 Å². The number of nitrogens with zero attached hydrogens (tertiary/aromatic N) is 2. The highest BCUT2D eigenvalue weighted by atomic mass is 32.2. The van der Waals surface area contributed by atoms with Gasteiger partial charge in [-0.05, 0) is 31.5 Å². The van der Waals surface area contributed by atoms with Crippen molar-refractivity contribution in [3.05, 3.63) is 65.2 Å². The highest BCUT2D eigenvalue weighted by molar-refractivity contribution is 7.92. The van der Waals surface area contributed by atoms with Crippen LogP contribution in [0.4, 0.5) is 0 Å². The van der Waals surface area contributed by atoms with Crippen molar-refractivity contribution in [3.8, 4) is 12.1 Å². The molecule has 2 atom stereocenters. The van der Waals surface area contributed by atoms with Crippen molar-refractivity contribution >= 4 is 9.84 Å². The molecule has 120 valence electrons. The summed E-state index contributed by atoms with van der Waals surface area (Å²) in [6.45, 7) is 3.80. The van der Waals surface area contributed by atoms with E-state index in [0.29, 0.717) is 5.56 Å². The van der Waals surface area contributed by atoms with Crippen molar-refractivity contribution in [2.75, 3.05) is 0 Å². The lowest BCUT2D eigenvalue weighted by atomic mass is 10.0. The molecule has 1 aliphatic carbocycles. The van der Waals surface area contributed by atoms with E-state index in [1.54, 1.807) is 24.3 Å². The molecule has 0 aliphatic heterocycles. The van der Waals surface area contributed by atoms with Gasteiger partial charge in [0.05, 0.1) is 17.0 Å². The van der Waals surface area contributed by atoms with Gasteiger partial charge in [0.1, 0.15) is 5.25 Å². The summed E-state index contributed by atoms with van der Waals surface area (Å²) in [5, 5.41) is 18.0. The molecule has 0 spiro atoms. The molecule has 0 aromatic heterocycles. The van der Waals surface area contributed by atoms with Crippen LogP contribution in [-0.2, 0) is 9.84 Å². The zero-order valence-corrected chi connectivity index (χ0v) is 14.2. The van der Waals surface area contributed by atoms with Gasteiger partial charge in [0.2, 0.25) is 0 Å². The lowest BCUT2D eigenvalue weighted by molar-refractivity contribution is 0.591. The van der Waals surface area contributed by atoms with Gasteiger partial charge in [0, 0.05) is 5.92 Å². The Balaban J connectivity index is 2.09. The minimum atomic E-state index is -3.77. The maximum absolute atomic E-state index is 13.0. The predicted molar refractivity (Wildman–Crippen MR) is 89.7 cm³/mol. The van der Waals surface area contributed by atoms with Gasteiger partial charge in [-0.15, -0.1) is 0 Å². The number of sulfone groups is 1. The van der Waals surface area contributed by atoms with Crippen molar-refractivity contribution in [1.29, 1.82) is 10.5 Å². The molecule has 0 N–H and O–H groups in total. The van der Waals surface area contributed by atoms with Crippen molar-refractivity contribution in [1.82, 2.24) is 0 Å². The molecule has 0 saturated heterocycles. The number of nitriles is 2. The van der Waals surface area contributed by atoms with Crippen LogP contribution in [-0.4, -0.2) is 13.7 Å². The van der Waals surface area contributed by atoms with Crippen LogP contribution in [0.3, 0.4) is 0 Å². The fraction of sp³-hybridized carbons (Fsp3) is 0.263. The smallest absolute Gasteiger partial charge is 0.184 e. The van der Waals surface area contributed by atoms with E-state index in [4.69, 9.17) is 0 Å². The predicted octanol–water partition coefficient (Wildman–Crippen LogP) is 3.28. The molecule has 0 radical (unpaired) electrons. The first-order valence-electron chi connectivity index (χ1n) is 7.56. The summed E-state index contributed by atoms with van der Waals surface area (Å²) in [5.41, 5.74) is 1.17. The van der Waals surface area contributed by atoms with E-state index in [1.165, 1.54) is 12.1 Å². The summed E-state index contributed by atoms with van der Waals surface area (Å²) in [5.74, 6) is -0.626. The Morgan fingerprint density at radius 1 is 0.875 bits per heavy atom. The topological polar surface area (TPSA) is 81.7 Å². The maximum atomic E-state index is 13.0. The van der Waals surface area contributed by atoms with Gasteiger partial charge in [0.25, 0.3) is 0 Å². The van der Waals surface area contributed by atoms with Crippen LogP contribution in [0.1, 0.15) is 22.6 Å². The molecule has 2 aromatic carbocycles. The first-order chi connectivity index (χ1) is 11.4. The number of benzene rings is 2. The largest absolute Gasteiger partial charge is 0.223 e. The van der Waals surface area contributed by atoms with Gasteiger partial charge in [-0.2, -0.15) is 10.5 Å².